The highest BCUT2D eigenvalue weighted by Crippen LogP contribution is 2.34. The average Bonchev–Trinajstić information content (AvgIpc) is 2.68. The second-order valence-electron chi connectivity index (χ2n) is 3.44. The van der Waals surface area contributed by atoms with E-state index in [0.29, 0.717) is 20.8 Å². The average molecular weight is 305 g/mol. The van der Waals surface area contributed by atoms with E-state index in [2.05, 4.69) is 4.99 Å². The summed E-state index contributed by atoms with van der Waals surface area (Å²) < 4.78 is 0. The lowest BCUT2D eigenvalue weighted by Gasteiger charge is -2.01. The van der Waals surface area contributed by atoms with Gasteiger partial charge in [0, 0.05) is 11.1 Å². The van der Waals surface area contributed by atoms with Crippen LogP contribution in [0.3, 0.4) is 0 Å². The quantitative estimate of drug-likeness (QED) is 0.493. The molecule has 0 spiro atoms. The molecule has 0 fully saturated rings. The Morgan fingerprint density at radius 2 is 1.82 bits per heavy atom. The van der Waals surface area contributed by atoms with E-state index in [4.69, 9.17) is 34.8 Å². The first-order valence-electron chi connectivity index (χ1n) is 4.80. The lowest BCUT2D eigenvalue weighted by Crippen LogP contribution is -1.78. The molecule has 2 rings (SSSR count). The largest absolute Gasteiger partial charge is 0.254 e. The molecule has 1 aromatic carbocycles. The molecular weight excluding hydrogens is 297 g/mol. The second-order valence-corrected chi connectivity index (χ2v) is 5.61. The number of aliphatic imine (C=N–C) groups is 1. The summed E-state index contributed by atoms with van der Waals surface area (Å²) in [7, 11) is 0. The van der Waals surface area contributed by atoms with E-state index < -0.39 is 0 Å². The first kappa shape index (κ1) is 12.9. The maximum absolute atomic E-state index is 6.03. The zero-order valence-corrected chi connectivity index (χ0v) is 12.0. The topological polar surface area (TPSA) is 12.4 Å². The first-order chi connectivity index (χ1) is 8.08. The molecule has 88 valence electrons. The van der Waals surface area contributed by atoms with Crippen LogP contribution in [0.4, 0.5) is 5.69 Å². The van der Waals surface area contributed by atoms with Crippen molar-refractivity contribution in [1.82, 2.24) is 0 Å². The minimum atomic E-state index is 0.433. The van der Waals surface area contributed by atoms with Gasteiger partial charge in [0.15, 0.2) is 0 Å². The molecule has 1 heterocycles. The van der Waals surface area contributed by atoms with Gasteiger partial charge in [-0.3, -0.25) is 4.99 Å². The van der Waals surface area contributed by atoms with E-state index in [1.54, 1.807) is 29.7 Å². The Labute approximate surface area is 119 Å². The van der Waals surface area contributed by atoms with E-state index in [-0.39, 0.29) is 0 Å². The fourth-order valence-corrected chi connectivity index (χ4v) is 2.63. The van der Waals surface area contributed by atoms with Crippen LogP contribution in [0.5, 0.6) is 0 Å². The molecule has 0 radical (unpaired) electrons. The van der Waals surface area contributed by atoms with Gasteiger partial charge in [-0.15, -0.1) is 11.3 Å². The number of thiophene rings is 1. The van der Waals surface area contributed by atoms with Crippen molar-refractivity contribution in [3.8, 4) is 0 Å². The summed E-state index contributed by atoms with van der Waals surface area (Å²) in [5, 5.41) is 3.39. The van der Waals surface area contributed by atoms with Crippen molar-refractivity contribution in [2.45, 2.75) is 6.92 Å². The van der Waals surface area contributed by atoms with Crippen LogP contribution >= 0.6 is 46.1 Å². The second kappa shape index (κ2) is 5.40. The lowest BCUT2D eigenvalue weighted by atomic mass is 10.3. The lowest BCUT2D eigenvalue weighted by molar-refractivity contribution is 1.50. The van der Waals surface area contributed by atoms with Crippen molar-refractivity contribution in [3.63, 3.8) is 0 Å². The van der Waals surface area contributed by atoms with Crippen molar-refractivity contribution < 1.29 is 0 Å². The van der Waals surface area contributed by atoms with Crippen LogP contribution in [0, 0.1) is 6.92 Å². The number of benzene rings is 1. The highest BCUT2D eigenvalue weighted by atomic mass is 35.5. The van der Waals surface area contributed by atoms with E-state index in [0.717, 1.165) is 4.88 Å². The third-order valence-corrected chi connectivity index (χ3v) is 4.19. The van der Waals surface area contributed by atoms with E-state index in [1.165, 1.54) is 5.56 Å². The summed E-state index contributed by atoms with van der Waals surface area (Å²) in [6.07, 6.45) is 1.78. The predicted molar refractivity (Wildman–Crippen MR) is 77.8 cm³/mol. The van der Waals surface area contributed by atoms with Crippen molar-refractivity contribution >= 4 is 58.0 Å². The molecule has 0 saturated heterocycles. The maximum atomic E-state index is 6.03. The van der Waals surface area contributed by atoms with Crippen molar-refractivity contribution in [2.24, 2.45) is 4.99 Å². The normalized spacial score (nSPS) is 11.3. The number of nitrogens with zero attached hydrogens (tertiary/aromatic N) is 1. The van der Waals surface area contributed by atoms with Gasteiger partial charge < -0.3 is 0 Å². The highest BCUT2D eigenvalue weighted by molar-refractivity contribution is 7.11. The molecule has 0 unspecified atom stereocenters. The van der Waals surface area contributed by atoms with Crippen LogP contribution < -0.4 is 0 Å². The Morgan fingerprint density at radius 1 is 1.12 bits per heavy atom. The smallest absolute Gasteiger partial charge is 0.0832 e. The Hall–Kier alpha value is -0.540. The van der Waals surface area contributed by atoms with E-state index in [9.17, 15) is 0 Å². The summed E-state index contributed by atoms with van der Waals surface area (Å²) in [5.74, 6) is 0. The number of rotatable bonds is 2. The fraction of sp³-hybridized carbons (Fsp3) is 0.0833. The molecule has 1 aromatic heterocycles. The van der Waals surface area contributed by atoms with Gasteiger partial charge >= 0.3 is 0 Å². The third kappa shape index (κ3) is 3.02. The number of hydrogen-bond acceptors (Lipinski definition) is 2. The van der Waals surface area contributed by atoms with Gasteiger partial charge in [-0.1, -0.05) is 34.8 Å². The van der Waals surface area contributed by atoms with E-state index >= 15 is 0 Å². The van der Waals surface area contributed by atoms with Crippen molar-refractivity contribution in [3.05, 3.63) is 49.1 Å². The van der Waals surface area contributed by atoms with Gasteiger partial charge in [-0.2, -0.15) is 0 Å². The molecule has 0 bridgehead atoms. The van der Waals surface area contributed by atoms with Gasteiger partial charge in [-0.25, -0.2) is 0 Å². The van der Waals surface area contributed by atoms with Gasteiger partial charge in [0.1, 0.15) is 0 Å². The summed E-state index contributed by atoms with van der Waals surface area (Å²) in [6, 6.07) is 5.30. The molecule has 17 heavy (non-hydrogen) atoms. The van der Waals surface area contributed by atoms with Crippen LogP contribution in [-0.4, -0.2) is 6.21 Å². The molecule has 0 aliphatic rings. The molecule has 0 N–H and O–H groups in total. The van der Waals surface area contributed by atoms with Crippen LogP contribution in [0.25, 0.3) is 0 Å². The molecule has 0 aliphatic carbocycles. The summed E-state index contributed by atoms with van der Waals surface area (Å²) in [4.78, 5) is 5.43. The molecule has 0 aliphatic heterocycles. The van der Waals surface area contributed by atoms with E-state index in [1.807, 2.05) is 18.4 Å². The number of hydrogen-bond donors (Lipinski definition) is 0. The number of halogens is 3. The maximum Gasteiger partial charge on any atom is 0.0832 e. The van der Waals surface area contributed by atoms with Crippen LogP contribution in [0.2, 0.25) is 15.1 Å². The van der Waals surface area contributed by atoms with Gasteiger partial charge in [0.05, 0.1) is 20.8 Å². The first-order valence-corrected chi connectivity index (χ1v) is 6.82. The molecule has 0 atom stereocenters. The summed E-state index contributed by atoms with van der Waals surface area (Å²) >= 11 is 19.4. The van der Waals surface area contributed by atoms with Crippen LogP contribution in [0.15, 0.2) is 28.6 Å². The summed E-state index contributed by atoms with van der Waals surface area (Å²) in [5.41, 5.74) is 1.81. The zero-order valence-electron chi connectivity index (χ0n) is 8.88. The minimum Gasteiger partial charge on any atom is -0.254 e. The Kier molecular flexibility index (Phi) is 4.10. The standard InChI is InChI=1S/C12H8Cl3NS/c1-7-2-3-17-12(7)6-16-11-5-9(14)8(13)4-10(11)15/h2-6H,1H3. The zero-order chi connectivity index (χ0) is 12.4. The minimum absolute atomic E-state index is 0.433. The number of aryl methyl sites for hydroxylation is 1. The van der Waals surface area contributed by atoms with Gasteiger partial charge in [0.25, 0.3) is 0 Å². The SMILES string of the molecule is Cc1ccsc1C=Nc1cc(Cl)c(Cl)cc1Cl. The van der Waals surface area contributed by atoms with Crippen LogP contribution in [0.1, 0.15) is 10.4 Å². The molecule has 0 amide bonds. The highest BCUT2D eigenvalue weighted by Gasteiger charge is 2.04. The molecular formula is C12H8Cl3NS. The molecule has 5 heteroatoms. The Bertz CT molecular complexity index is 575. The molecule has 2 aromatic rings. The predicted octanol–water partition coefficient (Wildman–Crippen LogP) is 5.77. The molecule has 1 nitrogen and oxygen atoms in total. The fourth-order valence-electron chi connectivity index (χ4n) is 1.26. The van der Waals surface area contributed by atoms with Gasteiger partial charge in [-0.05, 0) is 36.1 Å². The van der Waals surface area contributed by atoms with Crippen molar-refractivity contribution in [1.29, 1.82) is 0 Å². The van der Waals surface area contributed by atoms with Crippen molar-refractivity contribution in [2.75, 3.05) is 0 Å². The third-order valence-electron chi connectivity index (χ3n) is 2.21. The van der Waals surface area contributed by atoms with Gasteiger partial charge in [0.2, 0.25) is 0 Å². The monoisotopic (exact) mass is 303 g/mol. The van der Waals surface area contributed by atoms with Crippen LogP contribution in [-0.2, 0) is 0 Å². The molecule has 0 saturated carbocycles. The Morgan fingerprint density at radius 3 is 2.47 bits per heavy atom. The summed E-state index contributed by atoms with van der Waals surface area (Å²) in [6.45, 7) is 2.04. The Balaban J connectivity index is 2.34.